The van der Waals surface area contributed by atoms with Gasteiger partial charge in [0.05, 0.1) is 5.52 Å². The van der Waals surface area contributed by atoms with E-state index >= 15 is 0 Å². The molecule has 19 heavy (non-hydrogen) atoms. The second-order valence-corrected chi connectivity index (χ2v) is 4.15. The third-order valence-electron chi connectivity index (χ3n) is 2.76. The predicted octanol–water partition coefficient (Wildman–Crippen LogP) is 3.75. The van der Waals surface area contributed by atoms with Gasteiger partial charge in [0.15, 0.2) is 11.6 Å². The number of anilines is 1. The molecule has 1 aromatic heterocycles. The molecular weight excluding hydrogens is 243 g/mol. The highest BCUT2D eigenvalue weighted by Gasteiger charge is 2.05. The average Bonchev–Trinajstić information content (AvgIpc) is 2.42. The Bertz CT molecular complexity index is 743. The monoisotopic (exact) mass is 254 g/mol. The summed E-state index contributed by atoms with van der Waals surface area (Å²) in [6.07, 6.45) is 1.70. The van der Waals surface area contributed by atoms with Crippen LogP contribution >= 0.6 is 0 Å². The first-order valence-corrected chi connectivity index (χ1v) is 5.80. The van der Waals surface area contributed by atoms with E-state index in [0.29, 0.717) is 11.4 Å². The number of pyridine rings is 1. The molecule has 0 aliphatic carbocycles. The lowest BCUT2D eigenvalue weighted by Crippen LogP contribution is -1.91. The Morgan fingerprint density at radius 2 is 1.95 bits per heavy atom. The van der Waals surface area contributed by atoms with Gasteiger partial charge >= 0.3 is 0 Å². The lowest BCUT2D eigenvalue weighted by Gasteiger charge is -2.08. The lowest BCUT2D eigenvalue weighted by atomic mass is 10.2. The van der Waals surface area contributed by atoms with E-state index < -0.39 is 5.82 Å². The minimum Gasteiger partial charge on any atom is -0.454 e. The predicted molar refractivity (Wildman–Crippen MR) is 72.6 cm³/mol. The Balaban J connectivity index is 1.96. The number of halogens is 1. The minimum atomic E-state index is -0.485. The van der Waals surface area contributed by atoms with Gasteiger partial charge < -0.3 is 10.5 Å². The van der Waals surface area contributed by atoms with Crippen LogP contribution in [0.2, 0.25) is 0 Å². The number of nitrogens with zero attached hydrogens (tertiary/aromatic N) is 1. The first-order chi connectivity index (χ1) is 9.22. The molecule has 0 atom stereocenters. The van der Waals surface area contributed by atoms with Crippen molar-refractivity contribution in [3.8, 4) is 11.5 Å². The highest BCUT2D eigenvalue weighted by atomic mass is 19.1. The Hall–Kier alpha value is -2.62. The number of hydrogen-bond donors (Lipinski definition) is 1. The van der Waals surface area contributed by atoms with Gasteiger partial charge in [-0.15, -0.1) is 0 Å². The topological polar surface area (TPSA) is 48.1 Å². The van der Waals surface area contributed by atoms with Crippen LogP contribution < -0.4 is 10.5 Å². The maximum atomic E-state index is 13.6. The molecular formula is C15H11FN2O. The number of ether oxygens (including phenoxy) is 1. The number of nitrogen functional groups attached to an aromatic ring is 1. The molecule has 0 aliphatic rings. The summed E-state index contributed by atoms with van der Waals surface area (Å²) in [6.45, 7) is 0. The average molecular weight is 254 g/mol. The summed E-state index contributed by atoms with van der Waals surface area (Å²) in [6, 6.07) is 13.6. The fourth-order valence-electron chi connectivity index (χ4n) is 1.84. The highest BCUT2D eigenvalue weighted by molar-refractivity contribution is 5.79. The molecule has 0 saturated heterocycles. The summed E-state index contributed by atoms with van der Waals surface area (Å²) in [5.74, 6) is 0.195. The van der Waals surface area contributed by atoms with Crippen LogP contribution in [0.5, 0.6) is 11.5 Å². The van der Waals surface area contributed by atoms with Crippen molar-refractivity contribution in [1.29, 1.82) is 0 Å². The summed E-state index contributed by atoms with van der Waals surface area (Å²) in [4.78, 5) is 4.23. The van der Waals surface area contributed by atoms with E-state index in [4.69, 9.17) is 10.5 Å². The number of nitrogens with two attached hydrogens (primary N) is 1. The van der Waals surface area contributed by atoms with Gasteiger partial charge in [-0.05, 0) is 30.3 Å². The Labute approximate surface area is 109 Å². The molecule has 0 bridgehead atoms. The summed E-state index contributed by atoms with van der Waals surface area (Å²) in [5.41, 5.74) is 6.66. The van der Waals surface area contributed by atoms with E-state index in [0.717, 1.165) is 10.9 Å². The number of hydrogen-bond acceptors (Lipinski definition) is 3. The van der Waals surface area contributed by atoms with Gasteiger partial charge in [-0.3, -0.25) is 4.98 Å². The molecule has 2 aromatic carbocycles. The van der Waals surface area contributed by atoms with E-state index in [-0.39, 0.29) is 5.75 Å². The van der Waals surface area contributed by atoms with Gasteiger partial charge in [0, 0.05) is 29.4 Å². The van der Waals surface area contributed by atoms with E-state index in [9.17, 15) is 4.39 Å². The van der Waals surface area contributed by atoms with Crippen LogP contribution in [0.15, 0.2) is 54.7 Å². The van der Waals surface area contributed by atoms with Gasteiger partial charge in [-0.2, -0.15) is 0 Å². The van der Waals surface area contributed by atoms with Crippen molar-refractivity contribution in [2.45, 2.75) is 0 Å². The molecule has 3 aromatic rings. The summed E-state index contributed by atoms with van der Waals surface area (Å²) >= 11 is 0. The quantitative estimate of drug-likeness (QED) is 0.708. The van der Waals surface area contributed by atoms with Crippen molar-refractivity contribution >= 4 is 16.6 Å². The second kappa shape index (κ2) is 4.57. The van der Waals surface area contributed by atoms with E-state index in [1.807, 2.05) is 18.2 Å². The third-order valence-corrected chi connectivity index (χ3v) is 2.76. The smallest absolute Gasteiger partial charge is 0.167 e. The lowest BCUT2D eigenvalue weighted by molar-refractivity contribution is 0.443. The minimum absolute atomic E-state index is 0.143. The molecule has 2 N–H and O–H groups in total. The summed E-state index contributed by atoms with van der Waals surface area (Å²) in [5, 5.41) is 1.01. The summed E-state index contributed by atoms with van der Waals surface area (Å²) in [7, 11) is 0. The van der Waals surface area contributed by atoms with Crippen molar-refractivity contribution in [3.63, 3.8) is 0 Å². The largest absolute Gasteiger partial charge is 0.454 e. The zero-order chi connectivity index (χ0) is 13.2. The molecule has 0 radical (unpaired) electrons. The fourth-order valence-corrected chi connectivity index (χ4v) is 1.84. The Morgan fingerprint density at radius 1 is 1.05 bits per heavy atom. The van der Waals surface area contributed by atoms with Crippen LogP contribution in [0, 0.1) is 5.82 Å². The second-order valence-electron chi connectivity index (χ2n) is 4.15. The van der Waals surface area contributed by atoms with Gasteiger partial charge in [0.2, 0.25) is 0 Å². The van der Waals surface area contributed by atoms with Crippen LogP contribution in [0.25, 0.3) is 10.9 Å². The van der Waals surface area contributed by atoms with Crippen molar-refractivity contribution in [3.05, 3.63) is 60.5 Å². The highest BCUT2D eigenvalue weighted by Crippen LogP contribution is 2.27. The molecule has 1 heterocycles. The molecule has 0 aliphatic heterocycles. The normalized spacial score (nSPS) is 10.6. The molecule has 3 rings (SSSR count). The number of benzene rings is 2. The number of aromatic nitrogens is 1. The maximum Gasteiger partial charge on any atom is 0.167 e. The molecule has 3 nitrogen and oxygen atoms in total. The van der Waals surface area contributed by atoms with Crippen molar-refractivity contribution < 1.29 is 9.13 Å². The first kappa shape index (κ1) is 11.5. The molecule has 0 amide bonds. The summed E-state index contributed by atoms with van der Waals surface area (Å²) < 4.78 is 19.1. The van der Waals surface area contributed by atoms with Crippen LogP contribution in [-0.4, -0.2) is 4.98 Å². The Morgan fingerprint density at radius 3 is 2.79 bits per heavy atom. The molecule has 94 valence electrons. The zero-order valence-corrected chi connectivity index (χ0v) is 10.0. The van der Waals surface area contributed by atoms with Crippen molar-refractivity contribution in [1.82, 2.24) is 4.98 Å². The van der Waals surface area contributed by atoms with E-state index in [1.54, 1.807) is 24.4 Å². The van der Waals surface area contributed by atoms with Crippen LogP contribution in [0.3, 0.4) is 0 Å². The zero-order valence-electron chi connectivity index (χ0n) is 10.0. The van der Waals surface area contributed by atoms with Crippen molar-refractivity contribution in [2.75, 3.05) is 5.73 Å². The van der Waals surface area contributed by atoms with Crippen LogP contribution in [0.1, 0.15) is 0 Å². The van der Waals surface area contributed by atoms with Gasteiger partial charge in [0.1, 0.15) is 5.75 Å². The molecule has 0 fully saturated rings. The van der Waals surface area contributed by atoms with Crippen LogP contribution in [0.4, 0.5) is 10.1 Å². The molecule has 0 spiro atoms. The molecule has 0 unspecified atom stereocenters. The Kier molecular flexibility index (Phi) is 2.76. The molecule has 4 heteroatoms. The van der Waals surface area contributed by atoms with E-state index in [2.05, 4.69) is 4.98 Å². The van der Waals surface area contributed by atoms with Gasteiger partial charge in [-0.25, -0.2) is 4.39 Å². The van der Waals surface area contributed by atoms with E-state index in [1.165, 1.54) is 12.1 Å². The van der Waals surface area contributed by atoms with Gasteiger partial charge in [-0.1, -0.05) is 6.07 Å². The number of fused-ring (bicyclic) bond motifs is 1. The third kappa shape index (κ3) is 2.33. The number of rotatable bonds is 2. The first-order valence-electron chi connectivity index (χ1n) is 5.80. The standard InChI is InChI=1S/C15H11FN2O/c16-13-8-11(17)4-6-15(13)19-12-5-3-10-2-1-7-18-14(10)9-12/h1-9H,17H2. The fraction of sp³-hybridized carbons (Fsp3) is 0. The SMILES string of the molecule is Nc1ccc(Oc2ccc3cccnc3c2)c(F)c1. The molecule has 0 saturated carbocycles. The van der Waals surface area contributed by atoms with Crippen molar-refractivity contribution in [2.24, 2.45) is 0 Å². The van der Waals surface area contributed by atoms with Gasteiger partial charge in [0.25, 0.3) is 0 Å². The van der Waals surface area contributed by atoms with Crippen LogP contribution in [-0.2, 0) is 0 Å². The maximum absolute atomic E-state index is 13.6.